The fourth-order valence-electron chi connectivity index (χ4n) is 6.57. The maximum atomic E-state index is 14.0. The molecule has 4 heteroatoms. The first-order chi connectivity index (χ1) is 17.5. The Morgan fingerprint density at radius 3 is 2.03 bits per heavy atom. The average molecular weight is 480 g/mol. The molecule has 0 aromatic heterocycles. The Balaban J connectivity index is 1.41. The van der Waals surface area contributed by atoms with E-state index in [1.807, 2.05) is 24.3 Å². The molecule has 0 radical (unpaired) electrons. The average Bonchev–Trinajstić information content (AvgIpc) is 3.18. The van der Waals surface area contributed by atoms with Crippen LogP contribution in [0.25, 0.3) is 0 Å². The SMILES string of the molecule is CCCCOc1ccc(N2C(=O)[C@H]3[C@@H]4c5ccccc5[C@H](c5cc([C@@H](C)CC)ccc54)[C@@H]3C2=O)cc1. The second-order valence-corrected chi connectivity index (χ2v) is 10.5. The quantitative estimate of drug-likeness (QED) is 0.277. The minimum Gasteiger partial charge on any atom is -0.494 e. The van der Waals surface area contributed by atoms with Gasteiger partial charge >= 0.3 is 0 Å². The van der Waals surface area contributed by atoms with Crippen LogP contribution >= 0.6 is 0 Å². The molecule has 3 aromatic rings. The monoisotopic (exact) mass is 479 g/mol. The first-order valence-corrected chi connectivity index (χ1v) is 13.4. The molecule has 0 saturated carbocycles. The predicted octanol–water partition coefficient (Wildman–Crippen LogP) is 6.78. The van der Waals surface area contributed by atoms with Crippen molar-refractivity contribution in [1.29, 1.82) is 0 Å². The van der Waals surface area contributed by atoms with Crippen LogP contribution in [0.3, 0.4) is 0 Å². The number of anilines is 1. The zero-order valence-corrected chi connectivity index (χ0v) is 21.2. The van der Waals surface area contributed by atoms with E-state index in [1.165, 1.54) is 32.7 Å². The first kappa shape index (κ1) is 23.0. The van der Waals surface area contributed by atoms with Crippen LogP contribution in [0.15, 0.2) is 66.7 Å². The second kappa shape index (κ2) is 8.92. The van der Waals surface area contributed by atoms with Crippen LogP contribution in [0.4, 0.5) is 5.69 Å². The van der Waals surface area contributed by atoms with Gasteiger partial charge in [0.05, 0.1) is 24.1 Å². The molecule has 3 aliphatic carbocycles. The summed E-state index contributed by atoms with van der Waals surface area (Å²) >= 11 is 0. The van der Waals surface area contributed by atoms with Crippen LogP contribution in [0, 0.1) is 11.8 Å². The lowest BCUT2D eigenvalue weighted by molar-refractivity contribution is -0.122. The van der Waals surface area contributed by atoms with Gasteiger partial charge in [0.15, 0.2) is 0 Å². The highest BCUT2D eigenvalue weighted by atomic mass is 16.5. The van der Waals surface area contributed by atoms with Crippen molar-refractivity contribution in [3.63, 3.8) is 0 Å². The summed E-state index contributed by atoms with van der Waals surface area (Å²) in [7, 11) is 0. The third kappa shape index (κ3) is 3.34. The number of rotatable bonds is 7. The Bertz CT molecular complexity index is 1330. The minimum atomic E-state index is -0.363. The highest BCUT2D eigenvalue weighted by molar-refractivity contribution is 6.23. The van der Waals surface area contributed by atoms with E-state index in [9.17, 15) is 9.59 Å². The summed E-state index contributed by atoms with van der Waals surface area (Å²) in [6.45, 7) is 7.26. The second-order valence-electron chi connectivity index (χ2n) is 10.5. The fraction of sp³-hybridized carbons (Fsp3) is 0.375. The predicted molar refractivity (Wildman–Crippen MR) is 142 cm³/mol. The molecule has 1 aliphatic heterocycles. The molecule has 7 rings (SSSR count). The van der Waals surface area contributed by atoms with Crippen molar-refractivity contribution in [2.45, 2.75) is 57.8 Å². The van der Waals surface area contributed by atoms with Gasteiger partial charge in [-0.2, -0.15) is 0 Å². The summed E-state index contributed by atoms with van der Waals surface area (Å²) in [5.41, 5.74) is 6.81. The van der Waals surface area contributed by atoms with Gasteiger partial charge in [-0.15, -0.1) is 0 Å². The van der Waals surface area contributed by atoms with Crippen LogP contribution in [0.1, 0.15) is 85.6 Å². The number of imide groups is 1. The number of carbonyl (C=O) groups is 2. The lowest BCUT2D eigenvalue weighted by atomic mass is 9.54. The Morgan fingerprint density at radius 1 is 0.806 bits per heavy atom. The maximum Gasteiger partial charge on any atom is 0.238 e. The number of ether oxygens (including phenoxy) is 1. The smallest absolute Gasteiger partial charge is 0.238 e. The Kier molecular flexibility index (Phi) is 5.70. The van der Waals surface area contributed by atoms with Gasteiger partial charge in [-0.05, 0) is 70.8 Å². The van der Waals surface area contributed by atoms with Crippen molar-refractivity contribution in [2.24, 2.45) is 11.8 Å². The van der Waals surface area contributed by atoms with Crippen molar-refractivity contribution in [3.05, 3.63) is 94.5 Å². The van der Waals surface area contributed by atoms with Gasteiger partial charge in [-0.3, -0.25) is 9.59 Å². The Labute approximate surface area is 213 Å². The molecule has 0 spiro atoms. The standard InChI is InChI=1S/C32H33NO3/c1-4-6-17-36-22-14-12-21(13-15-22)33-31(34)29-27-23-9-7-8-10-24(23)28(30(29)32(33)35)26-18-20(19(3)5-2)11-16-25(26)27/h7-16,18-19,27-30H,4-6,17H2,1-3H3/t19-,27+,28+,29-,30-/m0/s1. The van der Waals surface area contributed by atoms with Gasteiger partial charge in [0.25, 0.3) is 0 Å². The molecule has 2 bridgehead atoms. The minimum absolute atomic E-state index is 0.0752. The van der Waals surface area contributed by atoms with E-state index in [-0.39, 0.29) is 35.5 Å². The zero-order chi connectivity index (χ0) is 25.0. The molecule has 184 valence electrons. The molecule has 1 fully saturated rings. The van der Waals surface area contributed by atoms with E-state index in [4.69, 9.17) is 4.74 Å². The number of benzene rings is 3. The van der Waals surface area contributed by atoms with Gasteiger partial charge in [0.2, 0.25) is 11.8 Å². The van der Waals surface area contributed by atoms with Gasteiger partial charge in [-0.1, -0.05) is 69.7 Å². The molecule has 1 heterocycles. The summed E-state index contributed by atoms with van der Waals surface area (Å²) in [6.07, 6.45) is 3.14. The van der Waals surface area contributed by atoms with Crippen LogP contribution in [-0.2, 0) is 9.59 Å². The summed E-state index contributed by atoms with van der Waals surface area (Å²) in [5, 5.41) is 0. The summed E-state index contributed by atoms with van der Waals surface area (Å²) in [5.74, 6) is 0.166. The van der Waals surface area contributed by atoms with E-state index >= 15 is 0 Å². The lowest BCUT2D eigenvalue weighted by Gasteiger charge is -2.46. The van der Waals surface area contributed by atoms with E-state index in [0.717, 1.165) is 25.0 Å². The largest absolute Gasteiger partial charge is 0.494 e. The molecule has 4 nitrogen and oxygen atoms in total. The molecule has 4 aliphatic rings. The molecule has 0 unspecified atom stereocenters. The number of carbonyl (C=O) groups excluding carboxylic acids is 2. The third-order valence-electron chi connectivity index (χ3n) is 8.61. The highest BCUT2D eigenvalue weighted by Gasteiger charge is 2.61. The van der Waals surface area contributed by atoms with Crippen LogP contribution < -0.4 is 9.64 Å². The topological polar surface area (TPSA) is 46.6 Å². The van der Waals surface area contributed by atoms with Crippen molar-refractivity contribution >= 4 is 17.5 Å². The maximum absolute atomic E-state index is 14.0. The van der Waals surface area contributed by atoms with Crippen molar-refractivity contribution < 1.29 is 14.3 Å². The van der Waals surface area contributed by atoms with E-state index in [0.29, 0.717) is 18.2 Å². The number of unbranched alkanes of at least 4 members (excludes halogenated alkanes) is 1. The Hall–Kier alpha value is -3.40. The zero-order valence-electron chi connectivity index (χ0n) is 21.2. The summed E-state index contributed by atoms with van der Waals surface area (Å²) < 4.78 is 5.79. The summed E-state index contributed by atoms with van der Waals surface area (Å²) in [4.78, 5) is 29.4. The normalized spacial score (nSPS) is 24.4. The number of nitrogens with zero attached hydrogens (tertiary/aromatic N) is 1. The van der Waals surface area contributed by atoms with Gasteiger partial charge in [0, 0.05) is 11.8 Å². The van der Waals surface area contributed by atoms with Crippen molar-refractivity contribution in [1.82, 2.24) is 0 Å². The van der Waals surface area contributed by atoms with Gasteiger partial charge in [-0.25, -0.2) is 4.90 Å². The molecule has 36 heavy (non-hydrogen) atoms. The molecule has 1 saturated heterocycles. The molecular weight excluding hydrogens is 446 g/mol. The lowest BCUT2D eigenvalue weighted by Crippen LogP contribution is -2.41. The van der Waals surface area contributed by atoms with Gasteiger partial charge in [0.1, 0.15) is 5.75 Å². The summed E-state index contributed by atoms with van der Waals surface area (Å²) in [6, 6.07) is 22.6. The van der Waals surface area contributed by atoms with Crippen LogP contribution in [0.2, 0.25) is 0 Å². The molecule has 2 amide bonds. The van der Waals surface area contributed by atoms with E-state index in [2.05, 4.69) is 63.2 Å². The highest BCUT2D eigenvalue weighted by Crippen LogP contribution is 2.61. The number of amides is 2. The number of hydrogen-bond donors (Lipinski definition) is 0. The third-order valence-corrected chi connectivity index (χ3v) is 8.61. The van der Waals surface area contributed by atoms with Crippen molar-refractivity contribution in [2.75, 3.05) is 11.5 Å². The molecule has 0 N–H and O–H groups in total. The van der Waals surface area contributed by atoms with E-state index < -0.39 is 0 Å². The Morgan fingerprint density at radius 2 is 1.42 bits per heavy atom. The first-order valence-electron chi connectivity index (χ1n) is 13.4. The van der Waals surface area contributed by atoms with E-state index in [1.54, 1.807) is 0 Å². The number of hydrogen-bond acceptors (Lipinski definition) is 3. The van der Waals surface area contributed by atoms with Crippen LogP contribution in [-0.4, -0.2) is 18.4 Å². The van der Waals surface area contributed by atoms with Crippen LogP contribution in [0.5, 0.6) is 5.75 Å². The molecule has 3 aromatic carbocycles. The van der Waals surface area contributed by atoms with Crippen molar-refractivity contribution in [3.8, 4) is 5.75 Å². The van der Waals surface area contributed by atoms with Gasteiger partial charge < -0.3 is 4.74 Å². The molecule has 5 atom stereocenters. The fourth-order valence-corrected chi connectivity index (χ4v) is 6.57. The molecular formula is C32H33NO3.